The van der Waals surface area contributed by atoms with Crippen LogP contribution in [-0.2, 0) is 14.3 Å². The molecule has 1 unspecified atom stereocenters. The molecular weight excluding hydrogens is 310 g/mol. The van der Waals surface area contributed by atoms with Crippen LogP contribution in [0.15, 0.2) is 6.07 Å². The van der Waals surface area contributed by atoms with Crippen LogP contribution >= 0.6 is 0 Å². The van der Waals surface area contributed by atoms with E-state index < -0.39 is 0 Å². The number of carbonyl (C=O) groups is 1. The molecule has 1 atom stereocenters. The third kappa shape index (κ3) is 4.55. The van der Waals surface area contributed by atoms with Gasteiger partial charge < -0.3 is 25.0 Å². The van der Waals surface area contributed by atoms with Gasteiger partial charge in [0.1, 0.15) is 11.9 Å². The number of nitrogens with zero attached hydrogens (tertiary/aromatic N) is 3. The van der Waals surface area contributed by atoms with E-state index in [1.165, 1.54) is 0 Å². The Bertz CT molecular complexity index is 557. The highest BCUT2D eigenvalue weighted by molar-refractivity contribution is 5.80. The Kier molecular flexibility index (Phi) is 5.81. The van der Waals surface area contributed by atoms with E-state index in [1.54, 1.807) is 0 Å². The van der Waals surface area contributed by atoms with Crippen LogP contribution in [0.4, 0.5) is 11.8 Å². The van der Waals surface area contributed by atoms with Crippen molar-refractivity contribution in [1.82, 2.24) is 15.3 Å². The SMILES string of the molecule is Cc1cc(N2CCOCC2)nc(NCCNC(=O)C2CCCO2)n1. The number of hydrogen-bond donors (Lipinski definition) is 2. The Morgan fingerprint density at radius 3 is 2.88 bits per heavy atom. The highest BCUT2D eigenvalue weighted by atomic mass is 16.5. The third-order valence-electron chi connectivity index (χ3n) is 4.11. The maximum atomic E-state index is 11.9. The minimum Gasteiger partial charge on any atom is -0.378 e. The van der Waals surface area contributed by atoms with Gasteiger partial charge in [0.05, 0.1) is 13.2 Å². The van der Waals surface area contributed by atoms with Crippen LogP contribution in [-0.4, -0.2) is 68.0 Å². The van der Waals surface area contributed by atoms with Gasteiger partial charge >= 0.3 is 0 Å². The fraction of sp³-hybridized carbons (Fsp3) is 0.688. The lowest BCUT2D eigenvalue weighted by Crippen LogP contribution is -2.37. The monoisotopic (exact) mass is 335 g/mol. The molecule has 2 N–H and O–H groups in total. The first-order valence-electron chi connectivity index (χ1n) is 8.54. The number of aromatic nitrogens is 2. The summed E-state index contributed by atoms with van der Waals surface area (Å²) in [6.07, 6.45) is 1.48. The minimum absolute atomic E-state index is 0.0338. The van der Waals surface area contributed by atoms with Crippen molar-refractivity contribution in [2.75, 3.05) is 56.2 Å². The molecule has 0 bridgehead atoms. The van der Waals surface area contributed by atoms with Crippen LogP contribution in [0.1, 0.15) is 18.5 Å². The van der Waals surface area contributed by atoms with Gasteiger partial charge in [-0.05, 0) is 19.8 Å². The second-order valence-corrected chi connectivity index (χ2v) is 6.01. The van der Waals surface area contributed by atoms with Gasteiger partial charge in [0.25, 0.3) is 0 Å². The Labute approximate surface area is 141 Å². The van der Waals surface area contributed by atoms with E-state index in [-0.39, 0.29) is 12.0 Å². The molecule has 0 aromatic carbocycles. The van der Waals surface area contributed by atoms with Gasteiger partial charge in [0.15, 0.2) is 0 Å². The van der Waals surface area contributed by atoms with Crippen molar-refractivity contribution in [3.8, 4) is 0 Å². The van der Waals surface area contributed by atoms with Crippen LogP contribution in [0.5, 0.6) is 0 Å². The van der Waals surface area contributed by atoms with Gasteiger partial charge in [-0.15, -0.1) is 0 Å². The molecule has 8 heteroatoms. The number of carbonyl (C=O) groups excluding carboxylic acids is 1. The molecule has 0 radical (unpaired) electrons. The van der Waals surface area contributed by atoms with Crippen molar-refractivity contribution in [3.63, 3.8) is 0 Å². The van der Waals surface area contributed by atoms with Gasteiger partial charge in [-0.25, -0.2) is 4.98 Å². The van der Waals surface area contributed by atoms with Crippen molar-refractivity contribution >= 4 is 17.7 Å². The first-order valence-corrected chi connectivity index (χ1v) is 8.54. The highest BCUT2D eigenvalue weighted by Crippen LogP contribution is 2.16. The summed E-state index contributed by atoms with van der Waals surface area (Å²) in [6.45, 7) is 6.85. The smallest absolute Gasteiger partial charge is 0.249 e. The summed E-state index contributed by atoms with van der Waals surface area (Å²) in [5.41, 5.74) is 0.914. The predicted octanol–water partition coefficient (Wildman–Crippen LogP) is 0.329. The molecule has 2 aliphatic heterocycles. The van der Waals surface area contributed by atoms with Crippen LogP contribution in [0.2, 0.25) is 0 Å². The predicted molar refractivity (Wildman–Crippen MR) is 90.3 cm³/mol. The number of morpholine rings is 1. The van der Waals surface area contributed by atoms with Crippen LogP contribution in [0, 0.1) is 6.92 Å². The number of anilines is 2. The lowest BCUT2D eigenvalue weighted by molar-refractivity contribution is -0.129. The van der Waals surface area contributed by atoms with E-state index in [9.17, 15) is 4.79 Å². The second-order valence-electron chi connectivity index (χ2n) is 6.01. The minimum atomic E-state index is -0.284. The molecule has 1 aromatic rings. The fourth-order valence-electron chi connectivity index (χ4n) is 2.84. The molecule has 1 amide bonds. The summed E-state index contributed by atoms with van der Waals surface area (Å²) >= 11 is 0. The normalized spacial score (nSPS) is 20.9. The molecule has 3 heterocycles. The lowest BCUT2D eigenvalue weighted by atomic mass is 10.2. The van der Waals surface area contributed by atoms with Gasteiger partial charge in [0, 0.05) is 44.5 Å². The zero-order valence-corrected chi connectivity index (χ0v) is 14.1. The van der Waals surface area contributed by atoms with E-state index in [4.69, 9.17) is 9.47 Å². The van der Waals surface area contributed by atoms with E-state index >= 15 is 0 Å². The van der Waals surface area contributed by atoms with Gasteiger partial charge in [-0.2, -0.15) is 4.98 Å². The van der Waals surface area contributed by atoms with Crippen molar-refractivity contribution in [2.45, 2.75) is 25.9 Å². The first-order chi connectivity index (χ1) is 11.7. The number of ether oxygens (including phenoxy) is 2. The Hall–Kier alpha value is -1.93. The van der Waals surface area contributed by atoms with E-state index in [0.717, 1.165) is 50.7 Å². The van der Waals surface area contributed by atoms with Gasteiger partial charge in [0.2, 0.25) is 11.9 Å². The topological polar surface area (TPSA) is 88.6 Å². The molecule has 2 fully saturated rings. The maximum absolute atomic E-state index is 11.9. The zero-order valence-electron chi connectivity index (χ0n) is 14.1. The fourth-order valence-corrected chi connectivity index (χ4v) is 2.84. The first kappa shape index (κ1) is 16.9. The maximum Gasteiger partial charge on any atom is 0.249 e. The molecule has 8 nitrogen and oxygen atoms in total. The zero-order chi connectivity index (χ0) is 16.8. The van der Waals surface area contributed by atoms with Gasteiger partial charge in [-0.3, -0.25) is 4.79 Å². The average molecular weight is 335 g/mol. The van der Waals surface area contributed by atoms with Crippen molar-refractivity contribution in [2.24, 2.45) is 0 Å². The molecule has 3 rings (SSSR count). The molecule has 0 aliphatic carbocycles. The van der Waals surface area contributed by atoms with Gasteiger partial charge in [-0.1, -0.05) is 0 Å². The highest BCUT2D eigenvalue weighted by Gasteiger charge is 2.22. The number of rotatable bonds is 6. The quantitative estimate of drug-likeness (QED) is 0.724. The van der Waals surface area contributed by atoms with Crippen LogP contribution in [0.25, 0.3) is 0 Å². The Morgan fingerprint density at radius 2 is 2.12 bits per heavy atom. The number of nitrogens with one attached hydrogen (secondary N) is 2. The van der Waals surface area contributed by atoms with Crippen LogP contribution < -0.4 is 15.5 Å². The van der Waals surface area contributed by atoms with E-state index in [0.29, 0.717) is 25.6 Å². The molecule has 24 heavy (non-hydrogen) atoms. The summed E-state index contributed by atoms with van der Waals surface area (Å²) in [7, 11) is 0. The summed E-state index contributed by atoms with van der Waals surface area (Å²) in [4.78, 5) is 23.0. The summed E-state index contributed by atoms with van der Waals surface area (Å²) in [6, 6.07) is 1.98. The average Bonchev–Trinajstić information content (AvgIpc) is 3.14. The molecular formula is C16H25N5O3. The standard InChI is InChI=1S/C16H25N5O3/c1-12-11-14(21-6-9-23-10-7-21)20-16(19-12)18-5-4-17-15(22)13-3-2-8-24-13/h11,13H,2-10H2,1H3,(H,17,22)(H,18,19,20). The van der Waals surface area contributed by atoms with Crippen molar-refractivity contribution in [3.05, 3.63) is 11.8 Å². The largest absolute Gasteiger partial charge is 0.378 e. The second kappa shape index (κ2) is 8.25. The van der Waals surface area contributed by atoms with Crippen molar-refractivity contribution in [1.29, 1.82) is 0 Å². The molecule has 0 saturated carbocycles. The molecule has 132 valence electrons. The number of hydrogen-bond acceptors (Lipinski definition) is 7. The van der Waals surface area contributed by atoms with Crippen molar-refractivity contribution < 1.29 is 14.3 Å². The number of amides is 1. The lowest BCUT2D eigenvalue weighted by Gasteiger charge is -2.28. The van der Waals surface area contributed by atoms with E-state index in [1.807, 2.05) is 13.0 Å². The Morgan fingerprint density at radius 1 is 1.29 bits per heavy atom. The number of aryl methyl sites for hydroxylation is 1. The molecule has 1 aromatic heterocycles. The van der Waals surface area contributed by atoms with Crippen LogP contribution in [0.3, 0.4) is 0 Å². The summed E-state index contributed by atoms with van der Waals surface area (Å²) < 4.78 is 10.7. The Balaban J connectivity index is 1.47. The summed E-state index contributed by atoms with van der Waals surface area (Å²) in [5, 5.41) is 6.05. The molecule has 0 spiro atoms. The van der Waals surface area contributed by atoms with E-state index in [2.05, 4.69) is 25.5 Å². The molecule has 2 saturated heterocycles. The third-order valence-corrected chi connectivity index (χ3v) is 4.11. The summed E-state index contributed by atoms with van der Waals surface area (Å²) in [5.74, 6) is 1.47. The molecule has 2 aliphatic rings.